The van der Waals surface area contributed by atoms with Crippen LogP contribution in [-0.4, -0.2) is 40.8 Å². The van der Waals surface area contributed by atoms with Crippen molar-refractivity contribution in [1.82, 2.24) is 15.1 Å². The van der Waals surface area contributed by atoms with Crippen molar-refractivity contribution in [1.29, 1.82) is 0 Å². The summed E-state index contributed by atoms with van der Waals surface area (Å²) in [5, 5.41) is 11.5. The Morgan fingerprint density at radius 1 is 1.22 bits per heavy atom. The van der Waals surface area contributed by atoms with Crippen molar-refractivity contribution in [2.75, 3.05) is 25.0 Å². The lowest BCUT2D eigenvalue weighted by Gasteiger charge is -2.31. The maximum atomic E-state index is 12.9. The van der Waals surface area contributed by atoms with E-state index in [0.29, 0.717) is 24.4 Å². The highest BCUT2D eigenvalue weighted by molar-refractivity contribution is 5.23. The van der Waals surface area contributed by atoms with E-state index in [-0.39, 0.29) is 5.82 Å². The molecule has 2 heterocycles. The molecule has 0 atom stereocenters. The molecule has 1 N–H and O–H groups in total. The maximum Gasteiger partial charge on any atom is 0.315 e. The van der Waals surface area contributed by atoms with Crippen LogP contribution in [0.2, 0.25) is 0 Å². The second-order valence-electron chi connectivity index (χ2n) is 6.06. The molecule has 1 fully saturated rings. The van der Waals surface area contributed by atoms with E-state index in [2.05, 4.69) is 27.3 Å². The van der Waals surface area contributed by atoms with Crippen LogP contribution in [0.5, 0.6) is 0 Å². The molecule has 1 saturated heterocycles. The van der Waals surface area contributed by atoms with Crippen molar-refractivity contribution in [3.8, 4) is 0 Å². The van der Waals surface area contributed by atoms with Gasteiger partial charge in [0.15, 0.2) is 0 Å². The van der Waals surface area contributed by atoms with Gasteiger partial charge in [0.05, 0.1) is 6.42 Å². The Morgan fingerprint density at radius 2 is 1.96 bits per heavy atom. The Balaban J connectivity index is 1.50. The van der Waals surface area contributed by atoms with Crippen LogP contribution in [0.25, 0.3) is 0 Å². The number of hydrogen-bond acceptors (Lipinski definition) is 5. The number of hydrogen-bond donors (Lipinski definition) is 1. The molecule has 23 heavy (non-hydrogen) atoms. The monoisotopic (exact) mass is 318 g/mol. The van der Waals surface area contributed by atoms with Crippen LogP contribution in [0, 0.1) is 5.82 Å². The standard InChI is InChI=1S/C17H23FN4O/c1-2-9-22-10-7-15(8-11-22)19-17-21-20-16(23-17)12-13-3-5-14(18)6-4-13/h3-6,15H,2,7-12H2,1H3,(H,19,21). The molecule has 2 aromatic rings. The lowest BCUT2D eigenvalue weighted by atomic mass is 10.1. The molecule has 0 aliphatic carbocycles. The van der Waals surface area contributed by atoms with Crippen molar-refractivity contribution in [3.05, 3.63) is 41.5 Å². The van der Waals surface area contributed by atoms with Crippen molar-refractivity contribution in [3.63, 3.8) is 0 Å². The number of nitrogens with one attached hydrogen (secondary N) is 1. The normalized spacial score (nSPS) is 16.6. The molecular weight excluding hydrogens is 295 g/mol. The number of piperidine rings is 1. The molecule has 124 valence electrons. The third-order valence-corrected chi connectivity index (χ3v) is 4.19. The van der Waals surface area contributed by atoms with Gasteiger partial charge in [0.2, 0.25) is 5.89 Å². The highest BCUT2D eigenvalue weighted by Gasteiger charge is 2.20. The minimum Gasteiger partial charge on any atom is -0.408 e. The zero-order chi connectivity index (χ0) is 16.1. The Bertz CT molecular complexity index is 605. The van der Waals surface area contributed by atoms with E-state index in [1.807, 2.05) is 0 Å². The van der Waals surface area contributed by atoms with Crippen molar-refractivity contribution < 1.29 is 8.81 Å². The van der Waals surface area contributed by atoms with E-state index in [9.17, 15) is 4.39 Å². The zero-order valence-electron chi connectivity index (χ0n) is 13.5. The van der Waals surface area contributed by atoms with Crippen LogP contribution >= 0.6 is 0 Å². The fraction of sp³-hybridized carbons (Fsp3) is 0.529. The number of rotatable bonds is 6. The first-order chi connectivity index (χ1) is 11.2. The summed E-state index contributed by atoms with van der Waals surface area (Å²) in [4.78, 5) is 2.49. The summed E-state index contributed by atoms with van der Waals surface area (Å²) in [6, 6.07) is 7.22. The smallest absolute Gasteiger partial charge is 0.315 e. The van der Waals surface area contributed by atoms with E-state index in [1.165, 1.54) is 25.1 Å². The Morgan fingerprint density at radius 3 is 2.65 bits per heavy atom. The summed E-state index contributed by atoms with van der Waals surface area (Å²) in [7, 11) is 0. The summed E-state index contributed by atoms with van der Waals surface area (Å²) < 4.78 is 18.6. The first-order valence-corrected chi connectivity index (χ1v) is 8.28. The van der Waals surface area contributed by atoms with Crippen LogP contribution < -0.4 is 5.32 Å². The van der Waals surface area contributed by atoms with E-state index >= 15 is 0 Å². The van der Waals surface area contributed by atoms with Gasteiger partial charge in [-0.3, -0.25) is 0 Å². The number of anilines is 1. The SMILES string of the molecule is CCCN1CCC(Nc2nnc(Cc3ccc(F)cc3)o2)CC1. The number of nitrogens with zero attached hydrogens (tertiary/aromatic N) is 3. The van der Waals surface area contributed by atoms with Crippen LogP contribution in [0.4, 0.5) is 10.4 Å². The molecular formula is C17H23FN4O. The van der Waals surface area contributed by atoms with Crippen molar-refractivity contribution in [2.45, 2.75) is 38.6 Å². The molecule has 1 aromatic heterocycles. The van der Waals surface area contributed by atoms with Gasteiger partial charge in [-0.2, -0.15) is 0 Å². The molecule has 0 amide bonds. The Kier molecular flexibility index (Phi) is 5.23. The van der Waals surface area contributed by atoms with Gasteiger partial charge >= 0.3 is 6.01 Å². The summed E-state index contributed by atoms with van der Waals surface area (Å²) >= 11 is 0. The van der Waals surface area contributed by atoms with Gasteiger partial charge in [0.25, 0.3) is 0 Å². The first kappa shape index (κ1) is 15.9. The first-order valence-electron chi connectivity index (χ1n) is 8.28. The third-order valence-electron chi connectivity index (χ3n) is 4.19. The lowest BCUT2D eigenvalue weighted by molar-refractivity contribution is 0.218. The molecule has 1 aromatic carbocycles. The highest BCUT2D eigenvalue weighted by atomic mass is 19.1. The average Bonchev–Trinajstić information content (AvgIpc) is 2.99. The Labute approximate surface area is 135 Å². The Hall–Kier alpha value is -1.95. The highest BCUT2D eigenvalue weighted by Crippen LogP contribution is 2.17. The largest absolute Gasteiger partial charge is 0.408 e. The molecule has 0 unspecified atom stereocenters. The minimum absolute atomic E-state index is 0.240. The van der Waals surface area contributed by atoms with Gasteiger partial charge < -0.3 is 14.6 Å². The second-order valence-corrected chi connectivity index (χ2v) is 6.06. The van der Waals surface area contributed by atoms with E-state index in [0.717, 1.165) is 31.5 Å². The van der Waals surface area contributed by atoms with E-state index in [1.54, 1.807) is 12.1 Å². The number of aromatic nitrogens is 2. The maximum absolute atomic E-state index is 12.9. The molecule has 5 nitrogen and oxygen atoms in total. The van der Waals surface area contributed by atoms with Gasteiger partial charge in [-0.05, 0) is 43.5 Å². The zero-order valence-corrected chi connectivity index (χ0v) is 13.5. The second kappa shape index (κ2) is 7.55. The molecule has 0 radical (unpaired) electrons. The quantitative estimate of drug-likeness (QED) is 0.887. The molecule has 1 aliphatic rings. The molecule has 1 aliphatic heterocycles. The van der Waals surface area contributed by atoms with Crippen LogP contribution in [0.3, 0.4) is 0 Å². The fourth-order valence-corrected chi connectivity index (χ4v) is 2.95. The van der Waals surface area contributed by atoms with Crippen LogP contribution in [0.1, 0.15) is 37.6 Å². The number of benzene rings is 1. The van der Waals surface area contributed by atoms with E-state index in [4.69, 9.17) is 4.42 Å². The summed E-state index contributed by atoms with van der Waals surface area (Å²) in [6.45, 7) is 5.62. The molecule has 0 spiro atoms. The summed E-state index contributed by atoms with van der Waals surface area (Å²) in [6.07, 6.45) is 3.91. The molecule has 6 heteroatoms. The number of likely N-dealkylation sites (tertiary alicyclic amines) is 1. The molecule has 3 rings (SSSR count). The summed E-state index contributed by atoms with van der Waals surface area (Å²) in [5.74, 6) is 0.304. The van der Waals surface area contributed by atoms with E-state index < -0.39 is 0 Å². The summed E-state index contributed by atoms with van der Waals surface area (Å²) in [5.41, 5.74) is 0.953. The van der Waals surface area contributed by atoms with Gasteiger partial charge in [-0.1, -0.05) is 24.2 Å². The minimum atomic E-state index is -0.240. The van der Waals surface area contributed by atoms with Crippen LogP contribution in [-0.2, 0) is 6.42 Å². The van der Waals surface area contributed by atoms with Gasteiger partial charge in [-0.25, -0.2) is 4.39 Å². The predicted molar refractivity (Wildman–Crippen MR) is 86.9 cm³/mol. The van der Waals surface area contributed by atoms with Gasteiger partial charge in [0.1, 0.15) is 5.82 Å². The predicted octanol–water partition coefficient (Wildman–Crippen LogP) is 3.09. The lowest BCUT2D eigenvalue weighted by Crippen LogP contribution is -2.39. The average molecular weight is 318 g/mol. The molecule has 0 bridgehead atoms. The number of halogens is 1. The molecule has 0 saturated carbocycles. The van der Waals surface area contributed by atoms with Crippen molar-refractivity contribution >= 4 is 6.01 Å². The third kappa shape index (κ3) is 4.51. The fourth-order valence-electron chi connectivity index (χ4n) is 2.95. The van der Waals surface area contributed by atoms with Crippen molar-refractivity contribution in [2.24, 2.45) is 0 Å². The van der Waals surface area contributed by atoms with Crippen LogP contribution in [0.15, 0.2) is 28.7 Å². The van der Waals surface area contributed by atoms with Gasteiger partial charge in [0, 0.05) is 19.1 Å². The topological polar surface area (TPSA) is 54.2 Å². The van der Waals surface area contributed by atoms with Gasteiger partial charge in [-0.15, -0.1) is 5.10 Å².